The summed E-state index contributed by atoms with van der Waals surface area (Å²) in [5.41, 5.74) is 2.09. The highest BCUT2D eigenvalue weighted by Crippen LogP contribution is 2.25. The van der Waals surface area contributed by atoms with Crippen LogP contribution >= 0.6 is 0 Å². The van der Waals surface area contributed by atoms with Crippen LogP contribution < -0.4 is 5.43 Å². The van der Waals surface area contributed by atoms with Crippen LogP contribution in [0.5, 0.6) is 0 Å². The SMILES string of the molecule is O=C(N/N=C\c1ccccc1[N+](=O)[O-])[C@H]1CN(S(=O)(=O)c2ccccc2)CCN1S(=O)(=O)c1ccccc1. The molecule has 0 radical (unpaired) electrons. The van der Waals surface area contributed by atoms with E-state index in [1.54, 1.807) is 30.3 Å². The molecule has 3 aromatic rings. The standard InChI is InChI=1S/C24H23N5O7S2/c30-24(26-25-17-19-9-7-8-14-22(19)29(31)32)23-18-27(37(33,34)20-10-3-1-4-11-20)15-16-28(23)38(35,36)21-12-5-2-6-13-21/h1-14,17,23H,15-16,18H2,(H,26,30)/b25-17-/t23-/m1/s1. The maximum atomic E-state index is 13.4. The van der Waals surface area contributed by atoms with Crippen LogP contribution in [0.1, 0.15) is 5.56 Å². The molecule has 3 aromatic carbocycles. The lowest BCUT2D eigenvalue weighted by molar-refractivity contribution is -0.385. The Kier molecular flexibility index (Phi) is 7.97. The molecule has 0 unspecified atom stereocenters. The fraction of sp³-hybridized carbons (Fsp3) is 0.167. The number of rotatable bonds is 8. The van der Waals surface area contributed by atoms with E-state index >= 15 is 0 Å². The van der Waals surface area contributed by atoms with Gasteiger partial charge in [-0.3, -0.25) is 14.9 Å². The number of hydrazone groups is 1. The van der Waals surface area contributed by atoms with Crippen molar-refractivity contribution in [3.63, 3.8) is 0 Å². The van der Waals surface area contributed by atoms with E-state index in [4.69, 9.17) is 0 Å². The molecule has 1 aliphatic heterocycles. The Hall–Kier alpha value is -3.98. The van der Waals surface area contributed by atoms with E-state index in [1.165, 1.54) is 54.6 Å². The molecule has 1 aliphatic rings. The number of para-hydroxylation sites is 1. The average Bonchev–Trinajstić information content (AvgIpc) is 2.93. The maximum absolute atomic E-state index is 13.4. The van der Waals surface area contributed by atoms with Crippen LogP contribution in [0, 0.1) is 10.1 Å². The number of sulfonamides is 2. The fourth-order valence-electron chi connectivity index (χ4n) is 3.93. The molecule has 0 saturated carbocycles. The first-order valence-electron chi connectivity index (χ1n) is 11.3. The van der Waals surface area contributed by atoms with Gasteiger partial charge in [0.25, 0.3) is 11.6 Å². The van der Waals surface area contributed by atoms with Gasteiger partial charge in [-0.15, -0.1) is 0 Å². The minimum Gasteiger partial charge on any atom is -0.271 e. The number of hydrogen-bond donors (Lipinski definition) is 1. The van der Waals surface area contributed by atoms with Crippen molar-refractivity contribution in [3.05, 3.63) is 101 Å². The van der Waals surface area contributed by atoms with Crippen LogP contribution in [0.25, 0.3) is 0 Å². The Bertz CT molecular complexity index is 1560. The zero-order valence-corrected chi connectivity index (χ0v) is 21.5. The molecular formula is C24H23N5O7S2. The number of nitro benzene ring substituents is 1. The first-order valence-corrected chi connectivity index (χ1v) is 14.2. The van der Waals surface area contributed by atoms with Crippen LogP contribution in [0.4, 0.5) is 5.69 Å². The molecule has 0 spiro atoms. The van der Waals surface area contributed by atoms with Gasteiger partial charge < -0.3 is 0 Å². The summed E-state index contributed by atoms with van der Waals surface area (Å²) in [6, 6.07) is 19.3. The van der Waals surface area contributed by atoms with Gasteiger partial charge in [-0.1, -0.05) is 48.5 Å². The van der Waals surface area contributed by atoms with E-state index in [0.29, 0.717) is 0 Å². The minimum absolute atomic E-state index is 0.00735. The van der Waals surface area contributed by atoms with E-state index in [0.717, 1.165) is 14.8 Å². The van der Waals surface area contributed by atoms with Gasteiger partial charge in [-0.2, -0.15) is 13.7 Å². The molecule has 0 bridgehead atoms. The number of hydrogen-bond acceptors (Lipinski definition) is 8. The van der Waals surface area contributed by atoms with Gasteiger partial charge in [0.2, 0.25) is 20.0 Å². The summed E-state index contributed by atoms with van der Waals surface area (Å²) in [6.07, 6.45) is 1.06. The van der Waals surface area contributed by atoms with E-state index in [-0.39, 0.29) is 34.1 Å². The van der Waals surface area contributed by atoms with E-state index in [1.807, 2.05) is 0 Å². The van der Waals surface area contributed by atoms with Crippen molar-refractivity contribution in [2.75, 3.05) is 19.6 Å². The number of nitro groups is 1. The molecule has 0 aliphatic carbocycles. The second kappa shape index (κ2) is 11.2. The number of carbonyl (C=O) groups excluding carboxylic acids is 1. The maximum Gasteiger partial charge on any atom is 0.278 e. The van der Waals surface area contributed by atoms with Crippen LogP contribution in [0.15, 0.2) is 99.8 Å². The predicted octanol–water partition coefficient (Wildman–Crippen LogP) is 1.81. The molecule has 1 atom stereocenters. The van der Waals surface area contributed by atoms with Gasteiger partial charge in [-0.05, 0) is 30.3 Å². The third-order valence-corrected chi connectivity index (χ3v) is 9.64. The lowest BCUT2D eigenvalue weighted by Gasteiger charge is -2.38. The third-order valence-electron chi connectivity index (χ3n) is 5.84. The minimum atomic E-state index is -4.18. The molecule has 14 heteroatoms. The Balaban J connectivity index is 1.64. The topological polar surface area (TPSA) is 159 Å². The summed E-state index contributed by atoms with van der Waals surface area (Å²) in [4.78, 5) is 23.8. The van der Waals surface area contributed by atoms with Gasteiger partial charge in [0.1, 0.15) is 6.04 Å². The molecule has 1 fully saturated rings. The van der Waals surface area contributed by atoms with E-state index in [2.05, 4.69) is 10.5 Å². The van der Waals surface area contributed by atoms with Crippen molar-refractivity contribution in [2.45, 2.75) is 15.8 Å². The first-order chi connectivity index (χ1) is 18.1. The highest BCUT2D eigenvalue weighted by Gasteiger charge is 2.43. The van der Waals surface area contributed by atoms with Crippen molar-refractivity contribution in [3.8, 4) is 0 Å². The summed E-state index contributed by atoms with van der Waals surface area (Å²) < 4.78 is 55.2. The number of carbonyl (C=O) groups is 1. The molecule has 4 rings (SSSR count). The van der Waals surface area contributed by atoms with Gasteiger partial charge >= 0.3 is 0 Å². The number of amides is 1. The monoisotopic (exact) mass is 557 g/mol. The van der Waals surface area contributed by atoms with Crippen molar-refractivity contribution in [1.29, 1.82) is 0 Å². The quantitative estimate of drug-likeness (QED) is 0.251. The van der Waals surface area contributed by atoms with Crippen molar-refractivity contribution in [1.82, 2.24) is 14.0 Å². The Labute approximate surface area is 219 Å². The summed E-state index contributed by atoms with van der Waals surface area (Å²) >= 11 is 0. The van der Waals surface area contributed by atoms with Gasteiger partial charge in [0, 0.05) is 25.7 Å². The molecule has 198 valence electrons. The Morgan fingerprint density at radius 3 is 2.03 bits per heavy atom. The zero-order valence-electron chi connectivity index (χ0n) is 19.8. The number of nitrogens with zero attached hydrogens (tertiary/aromatic N) is 4. The summed E-state index contributed by atoms with van der Waals surface area (Å²) in [5, 5.41) is 15.0. The van der Waals surface area contributed by atoms with Gasteiger partial charge in [-0.25, -0.2) is 22.3 Å². The highest BCUT2D eigenvalue weighted by atomic mass is 32.2. The third kappa shape index (κ3) is 5.62. The summed E-state index contributed by atoms with van der Waals surface area (Å²) in [6.45, 7) is -0.919. The van der Waals surface area contributed by atoms with Crippen LogP contribution in [0.3, 0.4) is 0 Å². The van der Waals surface area contributed by atoms with Gasteiger partial charge in [0.15, 0.2) is 0 Å². The van der Waals surface area contributed by atoms with Crippen LogP contribution in [0.2, 0.25) is 0 Å². The first kappa shape index (κ1) is 27.1. The van der Waals surface area contributed by atoms with E-state index in [9.17, 15) is 31.7 Å². The Morgan fingerprint density at radius 1 is 0.868 bits per heavy atom. The molecule has 1 amide bonds. The smallest absolute Gasteiger partial charge is 0.271 e. The van der Waals surface area contributed by atoms with Crippen molar-refractivity contribution < 1.29 is 26.6 Å². The van der Waals surface area contributed by atoms with Crippen LogP contribution in [-0.2, 0) is 24.8 Å². The second-order valence-corrected chi connectivity index (χ2v) is 12.0. The average molecular weight is 558 g/mol. The fourth-order valence-corrected chi connectivity index (χ4v) is 6.98. The van der Waals surface area contributed by atoms with E-state index < -0.39 is 43.5 Å². The molecule has 12 nitrogen and oxygen atoms in total. The van der Waals surface area contributed by atoms with Crippen molar-refractivity contribution >= 4 is 37.9 Å². The lowest BCUT2D eigenvalue weighted by Crippen LogP contribution is -2.60. The molecule has 1 N–H and O–H groups in total. The molecular weight excluding hydrogens is 534 g/mol. The number of piperazine rings is 1. The second-order valence-electron chi connectivity index (χ2n) is 8.17. The summed E-state index contributed by atoms with van der Waals surface area (Å²) in [7, 11) is -8.20. The molecule has 0 aromatic heterocycles. The zero-order chi connectivity index (χ0) is 27.3. The molecule has 1 heterocycles. The van der Waals surface area contributed by atoms with Crippen molar-refractivity contribution in [2.24, 2.45) is 5.10 Å². The normalized spacial score (nSPS) is 17.3. The lowest BCUT2D eigenvalue weighted by atomic mass is 10.2. The number of nitrogens with one attached hydrogen (secondary N) is 1. The molecule has 1 saturated heterocycles. The predicted molar refractivity (Wildman–Crippen MR) is 138 cm³/mol. The largest absolute Gasteiger partial charge is 0.278 e. The van der Waals surface area contributed by atoms with Crippen LogP contribution in [-0.4, -0.2) is 68.2 Å². The number of benzene rings is 3. The molecule has 38 heavy (non-hydrogen) atoms. The summed E-state index contributed by atoms with van der Waals surface area (Å²) in [5.74, 6) is -0.896. The highest BCUT2D eigenvalue weighted by molar-refractivity contribution is 7.89. The Morgan fingerprint density at radius 2 is 1.42 bits per heavy atom. The van der Waals surface area contributed by atoms with Gasteiger partial charge in [0.05, 0.1) is 26.5 Å².